The molecule has 2 N–H and O–H groups in total. The minimum Gasteiger partial charge on any atom is -0.299 e. The number of hydrogen-bond donors (Lipinski definition) is 1. The van der Waals surface area contributed by atoms with Crippen molar-refractivity contribution in [1.82, 2.24) is 0 Å². The molecule has 3 aliphatic rings. The fourth-order valence-electron chi connectivity index (χ4n) is 5.73. The lowest BCUT2D eigenvalue weighted by Gasteiger charge is -2.48. The predicted molar refractivity (Wildman–Crippen MR) is 92.9 cm³/mol. The van der Waals surface area contributed by atoms with Crippen molar-refractivity contribution in [2.45, 2.75) is 57.1 Å². The van der Waals surface area contributed by atoms with Crippen molar-refractivity contribution in [3.8, 4) is 0 Å². The molecular formula is C19H25NO3S. The highest BCUT2D eigenvalue weighted by Gasteiger charge is 2.54. The quantitative estimate of drug-likeness (QED) is 0.893. The molecule has 4 nitrogen and oxygen atoms in total. The summed E-state index contributed by atoms with van der Waals surface area (Å²) in [5, 5.41) is 5.18. The van der Waals surface area contributed by atoms with Crippen LogP contribution < -0.4 is 5.14 Å². The van der Waals surface area contributed by atoms with Crippen molar-refractivity contribution in [3.05, 3.63) is 34.9 Å². The number of primary sulfonamides is 1. The maximum Gasteiger partial charge on any atom is 0.213 e. The van der Waals surface area contributed by atoms with E-state index in [0.29, 0.717) is 23.5 Å². The molecule has 2 saturated carbocycles. The van der Waals surface area contributed by atoms with Crippen LogP contribution in [0, 0.1) is 17.3 Å². The van der Waals surface area contributed by atoms with Crippen molar-refractivity contribution in [3.63, 3.8) is 0 Å². The Morgan fingerprint density at radius 2 is 2.00 bits per heavy atom. The van der Waals surface area contributed by atoms with Gasteiger partial charge in [-0.3, -0.25) is 4.79 Å². The molecule has 0 aliphatic heterocycles. The van der Waals surface area contributed by atoms with Gasteiger partial charge in [0, 0.05) is 11.8 Å². The molecule has 0 unspecified atom stereocenters. The summed E-state index contributed by atoms with van der Waals surface area (Å²) in [6.45, 7) is 2.19. The summed E-state index contributed by atoms with van der Waals surface area (Å²) in [6.07, 6.45) is 5.97. The molecule has 3 aliphatic carbocycles. The molecule has 0 spiro atoms. The van der Waals surface area contributed by atoms with Crippen molar-refractivity contribution in [1.29, 1.82) is 0 Å². The average Bonchev–Trinajstić information content (AvgIpc) is 2.81. The Morgan fingerprint density at radius 1 is 1.21 bits per heavy atom. The molecule has 0 heterocycles. The molecule has 130 valence electrons. The van der Waals surface area contributed by atoms with E-state index in [2.05, 4.69) is 13.0 Å². The van der Waals surface area contributed by atoms with Crippen LogP contribution in [0.4, 0.5) is 0 Å². The van der Waals surface area contributed by atoms with E-state index < -0.39 is 10.0 Å². The third-order valence-electron chi connectivity index (χ3n) is 6.87. The lowest BCUT2D eigenvalue weighted by molar-refractivity contribution is -0.129. The van der Waals surface area contributed by atoms with Gasteiger partial charge in [-0.05, 0) is 66.5 Å². The third-order valence-corrected chi connectivity index (χ3v) is 7.60. The summed E-state index contributed by atoms with van der Waals surface area (Å²) < 4.78 is 22.7. The van der Waals surface area contributed by atoms with Gasteiger partial charge in [0.05, 0.1) is 5.75 Å². The van der Waals surface area contributed by atoms with E-state index >= 15 is 0 Å². The first-order chi connectivity index (χ1) is 11.3. The highest BCUT2D eigenvalue weighted by Crippen LogP contribution is 2.59. The third kappa shape index (κ3) is 2.53. The highest BCUT2D eigenvalue weighted by molar-refractivity contribution is 7.88. The van der Waals surface area contributed by atoms with Gasteiger partial charge in [-0.2, -0.15) is 0 Å². The number of fused-ring (bicyclic) bond motifs is 5. The van der Waals surface area contributed by atoms with Crippen molar-refractivity contribution < 1.29 is 13.2 Å². The summed E-state index contributed by atoms with van der Waals surface area (Å²) in [4.78, 5) is 12.4. The van der Waals surface area contributed by atoms with Crippen LogP contribution in [0.3, 0.4) is 0 Å². The second-order valence-corrected chi connectivity index (χ2v) is 9.79. The van der Waals surface area contributed by atoms with Gasteiger partial charge in [-0.1, -0.05) is 25.1 Å². The monoisotopic (exact) mass is 347 g/mol. The number of rotatable bonds is 2. The number of nitrogens with two attached hydrogens (primary N) is 1. The normalized spacial score (nSPS) is 35.2. The van der Waals surface area contributed by atoms with Crippen LogP contribution in [0.15, 0.2) is 18.2 Å². The van der Waals surface area contributed by atoms with Gasteiger partial charge in [0.2, 0.25) is 10.0 Å². The number of Topliss-reactive ketones (excluding diaryl/α,β-unsaturated/α-hetero) is 1. The maximum absolute atomic E-state index is 12.4. The number of aryl methyl sites for hydroxylation is 1. The molecule has 1 aromatic carbocycles. The Labute approximate surface area is 143 Å². The summed E-state index contributed by atoms with van der Waals surface area (Å²) in [7, 11) is -3.49. The Balaban J connectivity index is 1.65. The van der Waals surface area contributed by atoms with Gasteiger partial charge < -0.3 is 0 Å². The summed E-state index contributed by atoms with van der Waals surface area (Å²) in [5.41, 5.74) is 3.36. The summed E-state index contributed by atoms with van der Waals surface area (Å²) >= 11 is 0. The zero-order valence-corrected chi connectivity index (χ0v) is 14.9. The van der Waals surface area contributed by atoms with E-state index in [0.717, 1.165) is 44.1 Å². The van der Waals surface area contributed by atoms with E-state index in [-0.39, 0.29) is 11.2 Å². The zero-order valence-electron chi connectivity index (χ0n) is 14.1. The number of sulfonamides is 1. The number of ketones is 1. The predicted octanol–water partition coefficient (Wildman–Crippen LogP) is 2.90. The molecular weight excluding hydrogens is 322 g/mol. The second kappa shape index (κ2) is 5.40. The first-order valence-electron chi connectivity index (χ1n) is 8.93. The lowest BCUT2D eigenvalue weighted by atomic mass is 9.55. The van der Waals surface area contributed by atoms with E-state index in [1.54, 1.807) is 0 Å². The van der Waals surface area contributed by atoms with Gasteiger partial charge in [-0.15, -0.1) is 0 Å². The van der Waals surface area contributed by atoms with Gasteiger partial charge in [0.1, 0.15) is 5.78 Å². The standard InChI is InChI=1S/C19H25NO3S/c1-19-9-8-15-14-4-2-12(11-24(20,22)23)10-13(14)3-5-16(15)17(19)6-7-18(19)21/h2,4,10,15-17H,3,5-9,11H2,1H3,(H2,20,22,23)/t15-,16-,17+,19+/m1/s1. The number of hydrogen-bond acceptors (Lipinski definition) is 3. The molecule has 5 heteroatoms. The molecule has 0 aromatic heterocycles. The van der Waals surface area contributed by atoms with Gasteiger partial charge in [0.15, 0.2) is 0 Å². The molecule has 4 rings (SSSR count). The van der Waals surface area contributed by atoms with Crippen LogP contribution in [-0.2, 0) is 27.0 Å². The molecule has 0 bridgehead atoms. The van der Waals surface area contributed by atoms with E-state index in [1.165, 1.54) is 11.1 Å². The van der Waals surface area contributed by atoms with Crippen LogP contribution in [0.5, 0.6) is 0 Å². The van der Waals surface area contributed by atoms with Crippen molar-refractivity contribution in [2.24, 2.45) is 22.4 Å². The summed E-state index contributed by atoms with van der Waals surface area (Å²) in [5.74, 6) is 2.04. The van der Waals surface area contributed by atoms with Crippen molar-refractivity contribution in [2.75, 3.05) is 0 Å². The van der Waals surface area contributed by atoms with Gasteiger partial charge >= 0.3 is 0 Å². The number of carbonyl (C=O) groups excluding carboxylic acids is 1. The Hall–Kier alpha value is -1.20. The second-order valence-electron chi connectivity index (χ2n) is 8.17. The number of benzene rings is 1. The molecule has 0 amide bonds. The fourth-order valence-corrected chi connectivity index (χ4v) is 6.37. The molecule has 1 aromatic rings. The van der Waals surface area contributed by atoms with Crippen LogP contribution in [0.25, 0.3) is 0 Å². The maximum atomic E-state index is 12.4. The summed E-state index contributed by atoms with van der Waals surface area (Å²) in [6, 6.07) is 6.06. The molecule has 0 saturated heterocycles. The first-order valence-corrected chi connectivity index (χ1v) is 10.6. The smallest absolute Gasteiger partial charge is 0.213 e. The fraction of sp³-hybridized carbons (Fsp3) is 0.632. The molecule has 24 heavy (non-hydrogen) atoms. The molecule has 0 radical (unpaired) electrons. The Bertz CT molecular complexity index is 801. The van der Waals surface area contributed by atoms with Crippen molar-refractivity contribution >= 4 is 15.8 Å². The Morgan fingerprint density at radius 3 is 2.75 bits per heavy atom. The largest absolute Gasteiger partial charge is 0.299 e. The molecule has 4 atom stereocenters. The van der Waals surface area contributed by atoms with Gasteiger partial charge in [-0.25, -0.2) is 13.6 Å². The Kier molecular flexibility index (Phi) is 3.66. The highest BCUT2D eigenvalue weighted by atomic mass is 32.2. The van der Waals surface area contributed by atoms with Gasteiger partial charge in [0.25, 0.3) is 0 Å². The number of carbonyl (C=O) groups is 1. The lowest BCUT2D eigenvalue weighted by Crippen LogP contribution is -2.42. The van der Waals surface area contributed by atoms with Crippen LogP contribution in [0.1, 0.15) is 61.6 Å². The minimum atomic E-state index is -3.49. The average molecular weight is 347 g/mol. The van der Waals surface area contributed by atoms with E-state index in [4.69, 9.17) is 5.14 Å². The van der Waals surface area contributed by atoms with E-state index in [1.807, 2.05) is 12.1 Å². The van der Waals surface area contributed by atoms with E-state index in [9.17, 15) is 13.2 Å². The molecule has 2 fully saturated rings. The topological polar surface area (TPSA) is 77.2 Å². The van der Waals surface area contributed by atoms with Crippen LogP contribution in [-0.4, -0.2) is 14.2 Å². The van der Waals surface area contributed by atoms with Crippen LogP contribution >= 0.6 is 0 Å². The van der Waals surface area contributed by atoms with Crippen LogP contribution in [0.2, 0.25) is 0 Å². The zero-order chi connectivity index (χ0) is 17.1. The first kappa shape index (κ1) is 16.3. The SMILES string of the molecule is C[C@]12CC[C@@H]3c4ccc(CS(N)(=O)=O)cc4CC[C@H]3[C@@H]1CCC2=O. The minimum absolute atomic E-state index is 0.0910.